The molecule has 0 spiro atoms. The largest absolute Gasteiger partial charge is 0.380 e. The summed E-state index contributed by atoms with van der Waals surface area (Å²) in [4.78, 5) is 25.9. The average Bonchev–Trinajstić information content (AvgIpc) is 2.59. The number of hydrogen-bond donors (Lipinski definition) is 2. The van der Waals surface area contributed by atoms with E-state index in [2.05, 4.69) is 18.5 Å². The van der Waals surface area contributed by atoms with Gasteiger partial charge in [-0.2, -0.15) is 0 Å². The summed E-state index contributed by atoms with van der Waals surface area (Å²) in [6.07, 6.45) is 3.21. The first-order valence-electron chi connectivity index (χ1n) is 7.69. The molecule has 1 atom stereocenters. The van der Waals surface area contributed by atoms with Crippen molar-refractivity contribution in [1.82, 2.24) is 4.90 Å². The van der Waals surface area contributed by atoms with Gasteiger partial charge < -0.3 is 20.7 Å². The van der Waals surface area contributed by atoms with E-state index >= 15 is 0 Å². The Morgan fingerprint density at radius 3 is 2.24 bits per heavy atom. The Morgan fingerprint density at radius 2 is 1.80 bits per heavy atom. The molecule has 0 saturated carbocycles. The molecular weight excluding hydrogens is 342 g/mol. The van der Waals surface area contributed by atoms with Crippen molar-refractivity contribution >= 4 is 29.9 Å². The minimum atomic E-state index is -0.308. The Balaban J connectivity index is 0.00000576. The molecular formula is C18H26ClN3O3. The van der Waals surface area contributed by atoms with Crippen molar-refractivity contribution in [2.24, 2.45) is 5.73 Å². The van der Waals surface area contributed by atoms with Crippen LogP contribution in [0.5, 0.6) is 0 Å². The van der Waals surface area contributed by atoms with Gasteiger partial charge >= 0.3 is 0 Å². The first-order chi connectivity index (χ1) is 11.5. The van der Waals surface area contributed by atoms with Crippen molar-refractivity contribution in [1.29, 1.82) is 0 Å². The topological polar surface area (TPSA) is 84.7 Å². The number of carbonyl (C=O) groups is 2. The zero-order valence-electron chi connectivity index (χ0n) is 14.4. The Bertz CT molecular complexity index is 561. The van der Waals surface area contributed by atoms with Gasteiger partial charge in [-0.3, -0.25) is 9.59 Å². The molecule has 0 saturated heterocycles. The number of rotatable bonds is 10. The smallest absolute Gasteiger partial charge is 0.254 e. The number of anilines is 1. The van der Waals surface area contributed by atoms with E-state index in [0.29, 0.717) is 24.3 Å². The van der Waals surface area contributed by atoms with Crippen LogP contribution in [0.25, 0.3) is 0 Å². The number of methoxy groups -OCH3 is 1. The lowest BCUT2D eigenvalue weighted by Crippen LogP contribution is -2.31. The second-order valence-electron chi connectivity index (χ2n) is 5.21. The minimum absolute atomic E-state index is 0. The summed E-state index contributed by atoms with van der Waals surface area (Å²) >= 11 is 0. The standard InChI is InChI=1S/C18H25N3O3.ClH/c1-4-10-21(11-5-2)18(23)14-6-8-15(9-7-14)20-17(22)12-16(13-19)24-3;/h4-9,16H,1-2,10-13,19H2,3H3,(H,20,22);1H. The highest BCUT2D eigenvalue weighted by molar-refractivity contribution is 5.96. The summed E-state index contributed by atoms with van der Waals surface area (Å²) in [7, 11) is 1.52. The summed E-state index contributed by atoms with van der Waals surface area (Å²) in [6, 6.07) is 6.73. The molecule has 3 N–H and O–H groups in total. The van der Waals surface area contributed by atoms with Gasteiger partial charge in [-0.25, -0.2) is 0 Å². The lowest BCUT2D eigenvalue weighted by atomic mass is 10.1. The maximum absolute atomic E-state index is 12.4. The summed E-state index contributed by atoms with van der Waals surface area (Å²) < 4.78 is 5.08. The van der Waals surface area contributed by atoms with Crippen molar-refractivity contribution in [3.63, 3.8) is 0 Å². The van der Waals surface area contributed by atoms with Crippen LogP contribution >= 0.6 is 12.4 Å². The average molecular weight is 368 g/mol. The van der Waals surface area contributed by atoms with Crippen LogP contribution in [-0.2, 0) is 9.53 Å². The monoisotopic (exact) mass is 367 g/mol. The fraction of sp³-hybridized carbons (Fsp3) is 0.333. The van der Waals surface area contributed by atoms with Crippen molar-refractivity contribution < 1.29 is 14.3 Å². The highest BCUT2D eigenvalue weighted by Crippen LogP contribution is 2.13. The molecule has 0 aromatic heterocycles. The normalized spacial score (nSPS) is 11.0. The first-order valence-corrected chi connectivity index (χ1v) is 7.69. The van der Waals surface area contributed by atoms with Gasteiger partial charge in [0.25, 0.3) is 5.91 Å². The molecule has 138 valence electrons. The quantitative estimate of drug-likeness (QED) is 0.621. The molecule has 1 aromatic rings. The molecule has 25 heavy (non-hydrogen) atoms. The summed E-state index contributed by atoms with van der Waals surface area (Å²) in [6.45, 7) is 8.46. The molecule has 0 fully saturated rings. The number of hydrogen-bond acceptors (Lipinski definition) is 4. The number of benzene rings is 1. The van der Waals surface area contributed by atoms with E-state index in [1.807, 2.05) is 0 Å². The fourth-order valence-corrected chi connectivity index (χ4v) is 2.11. The molecule has 2 amide bonds. The highest BCUT2D eigenvalue weighted by Gasteiger charge is 2.14. The van der Waals surface area contributed by atoms with E-state index in [1.54, 1.807) is 41.3 Å². The summed E-state index contributed by atoms with van der Waals surface area (Å²) in [5.74, 6) is -0.304. The molecule has 0 heterocycles. The van der Waals surface area contributed by atoms with Gasteiger partial charge in [0.2, 0.25) is 5.91 Å². The minimum Gasteiger partial charge on any atom is -0.380 e. The van der Waals surface area contributed by atoms with Crippen molar-refractivity contribution in [2.75, 3.05) is 32.1 Å². The van der Waals surface area contributed by atoms with E-state index in [-0.39, 0.29) is 43.3 Å². The van der Waals surface area contributed by atoms with Crippen LogP contribution in [0.2, 0.25) is 0 Å². The van der Waals surface area contributed by atoms with Crippen LogP contribution < -0.4 is 11.1 Å². The Labute approximate surface area is 155 Å². The molecule has 1 rings (SSSR count). The van der Waals surface area contributed by atoms with E-state index < -0.39 is 0 Å². The molecule has 1 aromatic carbocycles. The number of halogens is 1. The number of nitrogens with one attached hydrogen (secondary N) is 1. The molecule has 0 radical (unpaired) electrons. The second kappa shape index (κ2) is 12.2. The molecule has 0 bridgehead atoms. The van der Waals surface area contributed by atoms with Gasteiger partial charge in [-0.05, 0) is 24.3 Å². The van der Waals surface area contributed by atoms with Crippen molar-refractivity contribution in [3.05, 3.63) is 55.1 Å². The van der Waals surface area contributed by atoms with Crippen LogP contribution in [0.4, 0.5) is 5.69 Å². The molecule has 0 aliphatic carbocycles. The lowest BCUT2D eigenvalue weighted by molar-refractivity contribution is -0.118. The predicted octanol–water partition coefficient (Wildman–Crippen LogP) is 2.22. The van der Waals surface area contributed by atoms with Gasteiger partial charge in [0.05, 0.1) is 12.5 Å². The SMILES string of the molecule is C=CCN(CC=C)C(=O)c1ccc(NC(=O)CC(CN)OC)cc1.Cl. The third-order valence-electron chi connectivity index (χ3n) is 3.41. The van der Waals surface area contributed by atoms with Crippen molar-refractivity contribution in [2.45, 2.75) is 12.5 Å². The number of nitrogens with two attached hydrogens (primary N) is 1. The summed E-state index contributed by atoms with van der Waals surface area (Å²) in [5, 5.41) is 2.75. The number of nitrogens with zero attached hydrogens (tertiary/aromatic N) is 1. The van der Waals surface area contributed by atoms with Crippen LogP contribution in [-0.4, -0.2) is 49.6 Å². The molecule has 6 nitrogen and oxygen atoms in total. The Hall–Kier alpha value is -2.15. The number of amides is 2. The van der Waals surface area contributed by atoms with Gasteiger partial charge in [0.1, 0.15) is 0 Å². The highest BCUT2D eigenvalue weighted by atomic mass is 35.5. The number of carbonyl (C=O) groups excluding carboxylic acids is 2. The third kappa shape index (κ3) is 7.51. The van der Waals surface area contributed by atoms with Crippen LogP contribution in [0.1, 0.15) is 16.8 Å². The van der Waals surface area contributed by atoms with E-state index in [4.69, 9.17) is 10.5 Å². The summed E-state index contributed by atoms with van der Waals surface area (Å²) in [5.41, 5.74) is 6.64. The van der Waals surface area contributed by atoms with Crippen molar-refractivity contribution in [3.8, 4) is 0 Å². The van der Waals surface area contributed by atoms with E-state index in [9.17, 15) is 9.59 Å². The van der Waals surface area contributed by atoms with E-state index in [1.165, 1.54) is 7.11 Å². The van der Waals surface area contributed by atoms with Crippen LogP contribution in [0.3, 0.4) is 0 Å². The molecule has 7 heteroatoms. The maximum Gasteiger partial charge on any atom is 0.254 e. The van der Waals surface area contributed by atoms with E-state index in [0.717, 1.165) is 0 Å². The van der Waals surface area contributed by atoms with Crippen LogP contribution in [0, 0.1) is 0 Å². The molecule has 0 aliphatic heterocycles. The van der Waals surface area contributed by atoms with Gasteiger partial charge in [-0.15, -0.1) is 25.6 Å². The zero-order chi connectivity index (χ0) is 17.9. The molecule has 0 aliphatic rings. The maximum atomic E-state index is 12.4. The lowest BCUT2D eigenvalue weighted by Gasteiger charge is -2.19. The number of ether oxygens (including phenoxy) is 1. The zero-order valence-corrected chi connectivity index (χ0v) is 15.3. The third-order valence-corrected chi connectivity index (χ3v) is 3.41. The molecule has 1 unspecified atom stereocenters. The van der Waals surface area contributed by atoms with Gasteiger partial charge in [0.15, 0.2) is 0 Å². The Kier molecular flexibility index (Phi) is 11.2. The first kappa shape index (κ1) is 22.9. The second-order valence-corrected chi connectivity index (χ2v) is 5.21. The van der Waals surface area contributed by atoms with Gasteiger partial charge in [0, 0.05) is 38.0 Å². The van der Waals surface area contributed by atoms with Crippen LogP contribution in [0.15, 0.2) is 49.6 Å². The Morgan fingerprint density at radius 1 is 1.24 bits per heavy atom. The van der Waals surface area contributed by atoms with Gasteiger partial charge in [-0.1, -0.05) is 12.2 Å². The predicted molar refractivity (Wildman–Crippen MR) is 103 cm³/mol. The fourth-order valence-electron chi connectivity index (χ4n) is 2.11.